The van der Waals surface area contributed by atoms with Crippen LogP contribution in [0.15, 0.2) is 22.6 Å². The minimum absolute atomic E-state index is 0.180. The Kier molecular flexibility index (Phi) is 3.77. The quantitative estimate of drug-likeness (QED) is 0.638. The lowest BCUT2D eigenvalue weighted by Gasteiger charge is -2.19. The lowest BCUT2D eigenvalue weighted by Crippen LogP contribution is -2.23. The molecule has 1 aromatic heterocycles. The number of benzene rings is 1. The van der Waals surface area contributed by atoms with E-state index in [2.05, 4.69) is 0 Å². The predicted octanol–water partition coefficient (Wildman–Crippen LogP) is 3.60. The molecule has 0 saturated heterocycles. The van der Waals surface area contributed by atoms with Gasteiger partial charge in [-0.05, 0) is 39.0 Å². The van der Waals surface area contributed by atoms with Crippen LogP contribution in [0.1, 0.15) is 48.6 Å². The van der Waals surface area contributed by atoms with Crippen LogP contribution in [0.2, 0.25) is 0 Å². The average Bonchev–Trinajstić information content (AvgIpc) is 2.80. The lowest BCUT2D eigenvalue weighted by molar-refractivity contribution is 0.00717. The second-order valence-electron chi connectivity index (χ2n) is 5.73. The van der Waals surface area contributed by atoms with Crippen molar-refractivity contribution in [2.75, 3.05) is 7.11 Å². The van der Waals surface area contributed by atoms with Gasteiger partial charge in [0.1, 0.15) is 5.60 Å². The third-order valence-corrected chi connectivity index (χ3v) is 2.83. The van der Waals surface area contributed by atoms with Gasteiger partial charge in [0.25, 0.3) is 0 Å². The summed E-state index contributed by atoms with van der Waals surface area (Å²) in [5.41, 5.74) is 0.110. The number of hydrogen-bond donors (Lipinski definition) is 0. The number of carbonyl (C=O) groups excluding carboxylic acids is 2. The Labute approximate surface area is 122 Å². The van der Waals surface area contributed by atoms with Gasteiger partial charge in [0, 0.05) is 12.3 Å². The molecule has 2 rings (SSSR count). The van der Waals surface area contributed by atoms with E-state index >= 15 is 0 Å². The SMILES string of the molecule is COc1ccc(C(=O)OC(C)(C)C)c2cc(C(C)=O)oc12. The van der Waals surface area contributed by atoms with E-state index in [4.69, 9.17) is 13.9 Å². The topological polar surface area (TPSA) is 65.7 Å². The van der Waals surface area contributed by atoms with Crippen molar-refractivity contribution in [1.82, 2.24) is 0 Å². The van der Waals surface area contributed by atoms with Crippen molar-refractivity contribution in [1.29, 1.82) is 0 Å². The number of rotatable bonds is 3. The Hall–Kier alpha value is -2.30. The molecule has 5 nitrogen and oxygen atoms in total. The molecule has 0 amide bonds. The van der Waals surface area contributed by atoms with Crippen LogP contribution in [0.5, 0.6) is 5.75 Å². The molecular formula is C16H18O5. The average molecular weight is 290 g/mol. The van der Waals surface area contributed by atoms with Crippen LogP contribution in [-0.2, 0) is 4.74 Å². The van der Waals surface area contributed by atoms with Gasteiger partial charge < -0.3 is 13.9 Å². The van der Waals surface area contributed by atoms with Gasteiger partial charge in [-0.3, -0.25) is 4.79 Å². The van der Waals surface area contributed by atoms with Crippen LogP contribution in [0.3, 0.4) is 0 Å². The lowest BCUT2D eigenvalue weighted by atomic mass is 10.1. The molecule has 0 aliphatic carbocycles. The molecule has 0 aliphatic heterocycles. The maximum absolute atomic E-state index is 12.3. The maximum atomic E-state index is 12.3. The van der Waals surface area contributed by atoms with Crippen molar-refractivity contribution in [2.45, 2.75) is 33.3 Å². The molecule has 0 fully saturated rings. The maximum Gasteiger partial charge on any atom is 0.339 e. The number of ether oxygens (including phenoxy) is 2. The Morgan fingerprint density at radius 3 is 2.38 bits per heavy atom. The van der Waals surface area contributed by atoms with Crippen LogP contribution in [0.25, 0.3) is 11.0 Å². The molecule has 0 saturated carbocycles. The second-order valence-corrected chi connectivity index (χ2v) is 5.73. The highest BCUT2D eigenvalue weighted by molar-refractivity contribution is 6.07. The summed E-state index contributed by atoms with van der Waals surface area (Å²) in [6.45, 7) is 6.78. The van der Waals surface area contributed by atoms with Crippen molar-refractivity contribution in [2.24, 2.45) is 0 Å². The molecule has 112 valence electrons. The molecule has 5 heteroatoms. The summed E-state index contributed by atoms with van der Waals surface area (Å²) in [5, 5.41) is 0.508. The summed E-state index contributed by atoms with van der Waals surface area (Å²) >= 11 is 0. The van der Waals surface area contributed by atoms with Crippen molar-refractivity contribution < 1.29 is 23.5 Å². The van der Waals surface area contributed by atoms with Gasteiger partial charge in [0.05, 0.1) is 12.7 Å². The fourth-order valence-electron chi connectivity index (χ4n) is 1.94. The number of fused-ring (bicyclic) bond motifs is 1. The van der Waals surface area contributed by atoms with Gasteiger partial charge in [-0.25, -0.2) is 4.79 Å². The highest BCUT2D eigenvalue weighted by Crippen LogP contribution is 2.32. The van der Waals surface area contributed by atoms with E-state index in [0.29, 0.717) is 22.3 Å². The summed E-state index contributed by atoms with van der Waals surface area (Å²) in [5.74, 6) is -0.0430. The van der Waals surface area contributed by atoms with Gasteiger partial charge in [-0.2, -0.15) is 0 Å². The Morgan fingerprint density at radius 1 is 1.19 bits per heavy atom. The molecule has 0 unspecified atom stereocenters. The van der Waals surface area contributed by atoms with E-state index in [-0.39, 0.29) is 11.5 Å². The molecular weight excluding hydrogens is 272 g/mol. The minimum atomic E-state index is -0.601. The van der Waals surface area contributed by atoms with Gasteiger partial charge in [0.2, 0.25) is 0 Å². The number of methoxy groups -OCH3 is 1. The first-order chi connectivity index (χ1) is 9.73. The van der Waals surface area contributed by atoms with Crippen molar-refractivity contribution in [3.05, 3.63) is 29.5 Å². The van der Waals surface area contributed by atoms with Gasteiger partial charge in [-0.1, -0.05) is 0 Å². The third kappa shape index (κ3) is 3.07. The first-order valence-corrected chi connectivity index (χ1v) is 6.58. The summed E-state index contributed by atoms with van der Waals surface area (Å²) in [4.78, 5) is 23.7. The van der Waals surface area contributed by atoms with Crippen LogP contribution in [-0.4, -0.2) is 24.5 Å². The third-order valence-electron chi connectivity index (χ3n) is 2.83. The fourth-order valence-corrected chi connectivity index (χ4v) is 1.94. The van der Waals surface area contributed by atoms with E-state index in [1.807, 2.05) is 0 Å². The van der Waals surface area contributed by atoms with Crippen LogP contribution in [0.4, 0.5) is 0 Å². The van der Waals surface area contributed by atoms with Crippen molar-refractivity contribution >= 4 is 22.7 Å². The molecule has 0 spiro atoms. The molecule has 21 heavy (non-hydrogen) atoms. The van der Waals surface area contributed by atoms with Gasteiger partial charge in [-0.15, -0.1) is 0 Å². The standard InChI is InChI=1S/C16H18O5/c1-9(17)13-8-11-10(15(18)21-16(2,3)4)6-7-12(19-5)14(11)20-13/h6-8H,1-5H3. The van der Waals surface area contributed by atoms with Crippen molar-refractivity contribution in [3.63, 3.8) is 0 Å². The van der Waals surface area contributed by atoms with Crippen molar-refractivity contribution in [3.8, 4) is 5.75 Å². The summed E-state index contributed by atoms with van der Waals surface area (Å²) in [7, 11) is 1.50. The molecule has 0 aliphatic rings. The number of hydrogen-bond acceptors (Lipinski definition) is 5. The number of esters is 1. The van der Waals surface area contributed by atoms with E-state index in [9.17, 15) is 9.59 Å². The molecule has 1 heterocycles. The molecule has 0 radical (unpaired) electrons. The largest absolute Gasteiger partial charge is 0.493 e. The highest BCUT2D eigenvalue weighted by atomic mass is 16.6. The second kappa shape index (κ2) is 5.24. The number of furan rings is 1. The first-order valence-electron chi connectivity index (χ1n) is 6.58. The highest BCUT2D eigenvalue weighted by Gasteiger charge is 2.23. The van der Waals surface area contributed by atoms with Crippen LogP contribution >= 0.6 is 0 Å². The predicted molar refractivity (Wildman–Crippen MR) is 77.9 cm³/mol. The monoisotopic (exact) mass is 290 g/mol. The van der Waals surface area contributed by atoms with E-state index in [1.165, 1.54) is 14.0 Å². The normalized spacial score (nSPS) is 11.5. The van der Waals surface area contributed by atoms with E-state index in [1.54, 1.807) is 39.0 Å². The Bertz CT molecular complexity index is 703. The zero-order valence-corrected chi connectivity index (χ0v) is 12.8. The Morgan fingerprint density at radius 2 is 1.86 bits per heavy atom. The summed E-state index contributed by atoms with van der Waals surface area (Å²) < 4.78 is 16.1. The Balaban J connectivity index is 2.59. The minimum Gasteiger partial charge on any atom is -0.493 e. The zero-order valence-electron chi connectivity index (χ0n) is 12.8. The number of carbonyl (C=O) groups is 2. The smallest absolute Gasteiger partial charge is 0.339 e. The summed E-state index contributed by atoms with van der Waals surface area (Å²) in [6, 6.07) is 4.77. The molecule has 0 atom stereocenters. The van der Waals surface area contributed by atoms with Crippen LogP contribution in [0, 0.1) is 0 Å². The fraction of sp³-hybridized carbons (Fsp3) is 0.375. The first kappa shape index (κ1) is 15.1. The van der Waals surface area contributed by atoms with E-state index in [0.717, 1.165) is 0 Å². The number of Topliss-reactive ketones (excluding diaryl/α,β-unsaturated/α-hetero) is 1. The molecule has 0 N–H and O–H groups in total. The summed E-state index contributed by atoms with van der Waals surface area (Å²) in [6.07, 6.45) is 0. The zero-order chi connectivity index (χ0) is 15.8. The molecule has 0 bridgehead atoms. The van der Waals surface area contributed by atoms with E-state index < -0.39 is 11.6 Å². The molecule has 1 aromatic carbocycles. The van der Waals surface area contributed by atoms with Gasteiger partial charge >= 0.3 is 5.97 Å². The molecule has 2 aromatic rings. The van der Waals surface area contributed by atoms with Crippen LogP contribution < -0.4 is 4.74 Å². The number of ketones is 1. The van der Waals surface area contributed by atoms with Gasteiger partial charge in [0.15, 0.2) is 22.9 Å².